The van der Waals surface area contributed by atoms with Crippen LogP contribution >= 0.6 is 22.7 Å². The lowest BCUT2D eigenvalue weighted by atomic mass is 10.5. The van der Waals surface area contributed by atoms with Crippen LogP contribution in [0, 0.1) is 0 Å². The van der Waals surface area contributed by atoms with E-state index in [1.54, 1.807) is 10.8 Å². The summed E-state index contributed by atoms with van der Waals surface area (Å²) in [6.45, 7) is 0. The zero-order valence-electron chi connectivity index (χ0n) is 7.32. The van der Waals surface area contributed by atoms with Crippen molar-refractivity contribution in [2.75, 3.05) is 0 Å². The van der Waals surface area contributed by atoms with Crippen LogP contribution in [-0.4, -0.2) is 27.7 Å². The van der Waals surface area contributed by atoms with Crippen LogP contribution in [0.4, 0.5) is 0 Å². The fourth-order valence-electron chi connectivity index (χ4n) is 0.941. The number of hydrogen-bond acceptors (Lipinski definition) is 7. The molecule has 0 aliphatic heterocycles. The molecule has 5 nitrogen and oxygen atoms in total. The molecule has 7 heteroatoms. The first-order valence-corrected chi connectivity index (χ1v) is 5.63. The van der Waals surface area contributed by atoms with Gasteiger partial charge in [0.1, 0.15) is 5.69 Å². The van der Waals surface area contributed by atoms with Gasteiger partial charge < -0.3 is 5.21 Å². The van der Waals surface area contributed by atoms with E-state index in [1.807, 2.05) is 0 Å². The Morgan fingerprint density at radius 1 is 1.20 bits per heavy atom. The third-order valence-electron chi connectivity index (χ3n) is 1.54. The molecule has 0 aromatic carbocycles. The van der Waals surface area contributed by atoms with E-state index in [-0.39, 0.29) is 0 Å². The summed E-state index contributed by atoms with van der Waals surface area (Å²) < 4.78 is 0. The topological polar surface area (TPSA) is 75.4 Å². The van der Waals surface area contributed by atoms with Crippen molar-refractivity contribution in [2.45, 2.75) is 0 Å². The summed E-state index contributed by atoms with van der Waals surface area (Å²) in [7, 11) is 0. The molecule has 2 aromatic heterocycles. The molecule has 0 bridgehead atoms. The highest BCUT2D eigenvalue weighted by atomic mass is 32.1. The maximum Gasteiger partial charge on any atom is 0.169 e. The summed E-state index contributed by atoms with van der Waals surface area (Å²) in [6.07, 6.45) is 1.94. The van der Waals surface area contributed by atoms with Gasteiger partial charge in [-0.25, -0.2) is 9.97 Å². The molecule has 2 rings (SSSR count). The first kappa shape index (κ1) is 9.94. The van der Waals surface area contributed by atoms with Crippen LogP contribution in [0.25, 0.3) is 10.0 Å². The highest BCUT2D eigenvalue weighted by molar-refractivity contribution is 7.19. The Morgan fingerprint density at radius 3 is 2.33 bits per heavy atom. The number of aromatic nitrogens is 2. The van der Waals surface area contributed by atoms with Gasteiger partial charge in [0, 0.05) is 10.8 Å². The second-order valence-electron chi connectivity index (χ2n) is 2.52. The molecular formula is C8H5N3O2S2. The van der Waals surface area contributed by atoms with Crippen molar-refractivity contribution in [1.29, 1.82) is 0 Å². The van der Waals surface area contributed by atoms with Gasteiger partial charge in [0.15, 0.2) is 16.3 Å². The summed E-state index contributed by atoms with van der Waals surface area (Å²) in [5, 5.41) is 16.0. The molecule has 2 aromatic rings. The van der Waals surface area contributed by atoms with Crippen molar-refractivity contribution in [3.63, 3.8) is 0 Å². The van der Waals surface area contributed by atoms with Gasteiger partial charge >= 0.3 is 0 Å². The van der Waals surface area contributed by atoms with Crippen LogP contribution < -0.4 is 0 Å². The van der Waals surface area contributed by atoms with E-state index in [4.69, 9.17) is 5.21 Å². The first-order valence-electron chi connectivity index (χ1n) is 3.87. The highest BCUT2D eigenvalue weighted by Crippen LogP contribution is 2.26. The smallest absolute Gasteiger partial charge is 0.169 e. The van der Waals surface area contributed by atoms with Gasteiger partial charge in [0.05, 0.1) is 11.9 Å². The number of aldehydes is 1. The number of oxime groups is 1. The number of nitrogens with zero attached hydrogens (tertiary/aromatic N) is 3. The fraction of sp³-hybridized carbons (Fsp3) is 0. The molecule has 0 spiro atoms. The fourth-order valence-corrected chi connectivity index (χ4v) is 2.53. The number of thiazole rings is 2. The molecule has 0 atom stereocenters. The SMILES string of the molecule is O=Cc1csc(-c2nc(C=NO)cs2)n1. The number of carbonyl (C=O) groups is 1. The summed E-state index contributed by atoms with van der Waals surface area (Å²) in [6, 6.07) is 0. The molecule has 0 saturated heterocycles. The van der Waals surface area contributed by atoms with E-state index in [1.165, 1.54) is 28.9 Å². The maximum atomic E-state index is 10.4. The van der Waals surface area contributed by atoms with Gasteiger partial charge in [-0.1, -0.05) is 5.16 Å². The van der Waals surface area contributed by atoms with E-state index >= 15 is 0 Å². The minimum absolute atomic E-state index is 0.405. The van der Waals surface area contributed by atoms with Crippen molar-refractivity contribution in [3.05, 3.63) is 22.1 Å². The van der Waals surface area contributed by atoms with Gasteiger partial charge in [-0.2, -0.15) is 0 Å². The van der Waals surface area contributed by atoms with Crippen molar-refractivity contribution in [1.82, 2.24) is 9.97 Å². The Balaban J connectivity index is 2.32. The zero-order chi connectivity index (χ0) is 10.7. The molecule has 0 radical (unpaired) electrons. The minimum Gasteiger partial charge on any atom is -0.411 e. The number of rotatable bonds is 3. The third kappa shape index (κ3) is 2.08. The molecule has 0 amide bonds. The van der Waals surface area contributed by atoms with Crippen molar-refractivity contribution < 1.29 is 10.0 Å². The van der Waals surface area contributed by atoms with Gasteiger partial charge in [-0.05, 0) is 0 Å². The quantitative estimate of drug-likeness (QED) is 0.384. The molecule has 0 fully saturated rings. The molecular weight excluding hydrogens is 234 g/mol. The zero-order valence-corrected chi connectivity index (χ0v) is 8.96. The second kappa shape index (κ2) is 4.28. The molecule has 2 heterocycles. The molecule has 15 heavy (non-hydrogen) atoms. The lowest BCUT2D eigenvalue weighted by molar-refractivity contribution is 0.111. The minimum atomic E-state index is 0.405. The predicted octanol–water partition coefficient (Wildman–Crippen LogP) is 1.89. The lowest BCUT2D eigenvalue weighted by Crippen LogP contribution is -1.82. The van der Waals surface area contributed by atoms with Crippen molar-refractivity contribution >= 4 is 35.2 Å². The van der Waals surface area contributed by atoms with Gasteiger partial charge in [0.25, 0.3) is 0 Å². The Hall–Kier alpha value is -1.60. The largest absolute Gasteiger partial charge is 0.411 e. The van der Waals surface area contributed by atoms with Crippen LogP contribution in [0.2, 0.25) is 0 Å². The van der Waals surface area contributed by atoms with Crippen LogP contribution in [0.15, 0.2) is 15.9 Å². The molecule has 0 aliphatic carbocycles. The van der Waals surface area contributed by atoms with E-state index in [0.717, 1.165) is 0 Å². The van der Waals surface area contributed by atoms with Crippen LogP contribution in [-0.2, 0) is 0 Å². The van der Waals surface area contributed by atoms with E-state index < -0.39 is 0 Å². The highest BCUT2D eigenvalue weighted by Gasteiger charge is 2.08. The Morgan fingerprint density at radius 2 is 1.80 bits per heavy atom. The molecule has 76 valence electrons. The standard InChI is InChI=1S/C8H5N3O2S2/c12-2-6-4-15-8(11-6)7-10-5(1-9-13)3-14-7/h1-4,13H. The molecule has 1 N–H and O–H groups in total. The molecule has 0 saturated carbocycles. The average molecular weight is 239 g/mol. The average Bonchev–Trinajstić information content (AvgIpc) is 2.85. The summed E-state index contributed by atoms with van der Waals surface area (Å²) >= 11 is 2.74. The molecule has 0 unspecified atom stereocenters. The Kier molecular flexibility index (Phi) is 2.84. The predicted molar refractivity (Wildman–Crippen MR) is 58.0 cm³/mol. The Bertz CT molecular complexity index is 503. The number of hydrogen-bond donors (Lipinski definition) is 1. The Labute approximate surface area is 92.7 Å². The van der Waals surface area contributed by atoms with Crippen molar-refractivity contribution in [3.8, 4) is 10.0 Å². The van der Waals surface area contributed by atoms with Gasteiger partial charge in [-0.15, -0.1) is 22.7 Å². The van der Waals surface area contributed by atoms with E-state index in [2.05, 4.69) is 15.1 Å². The maximum absolute atomic E-state index is 10.4. The first-order chi connectivity index (χ1) is 7.33. The summed E-state index contributed by atoms with van der Waals surface area (Å²) in [5.41, 5.74) is 0.975. The van der Waals surface area contributed by atoms with Crippen LogP contribution in [0.5, 0.6) is 0 Å². The summed E-state index contributed by atoms with van der Waals surface area (Å²) in [5.74, 6) is 0. The van der Waals surface area contributed by atoms with E-state index in [9.17, 15) is 4.79 Å². The van der Waals surface area contributed by atoms with Crippen LogP contribution in [0.1, 0.15) is 16.2 Å². The van der Waals surface area contributed by atoms with Crippen molar-refractivity contribution in [2.24, 2.45) is 5.16 Å². The second-order valence-corrected chi connectivity index (χ2v) is 4.23. The van der Waals surface area contributed by atoms with Gasteiger partial charge in [-0.3, -0.25) is 4.79 Å². The monoisotopic (exact) mass is 239 g/mol. The normalized spacial score (nSPS) is 10.9. The summed E-state index contributed by atoms with van der Waals surface area (Å²) in [4.78, 5) is 18.7. The number of carbonyl (C=O) groups excluding carboxylic acids is 1. The molecule has 0 aliphatic rings. The van der Waals surface area contributed by atoms with Crippen LogP contribution in [0.3, 0.4) is 0 Å². The lowest BCUT2D eigenvalue weighted by Gasteiger charge is -1.84. The third-order valence-corrected chi connectivity index (χ3v) is 3.40. The van der Waals surface area contributed by atoms with Gasteiger partial charge in [0.2, 0.25) is 0 Å². The van der Waals surface area contributed by atoms with E-state index in [0.29, 0.717) is 27.7 Å².